The second-order valence-electron chi connectivity index (χ2n) is 6.08. The minimum Gasteiger partial charge on any atom is -0.494 e. The SMILES string of the molecule is COc1ccc(C(=O)NC2CCC(Oc3ccccn3)CC2)cc1F. The average Bonchev–Trinajstić information content (AvgIpc) is 2.64. The van der Waals surface area contributed by atoms with E-state index in [1.807, 2.05) is 18.2 Å². The number of ether oxygens (including phenoxy) is 2. The zero-order valence-electron chi connectivity index (χ0n) is 14.1. The molecule has 5 nitrogen and oxygen atoms in total. The van der Waals surface area contributed by atoms with Crippen molar-refractivity contribution in [1.29, 1.82) is 0 Å². The third-order valence-corrected chi connectivity index (χ3v) is 4.35. The van der Waals surface area contributed by atoms with Crippen LogP contribution in [0.4, 0.5) is 4.39 Å². The summed E-state index contributed by atoms with van der Waals surface area (Å²) in [7, 11) is 1.39. The summed E-state index contributed by atoms with van der Waals surface area (Å²) in [5, 5.41) is 2.97. The van der Waals surface area contributed by atoms with Crippen molar-refractivity contribution in [2.24, 2.45) is 0 Å². The number of amides is 1. The van der Waals surface area contributed by atoms with Gasteiger partial charge in [0.2, 0.25) is 5.88 Å². The van der Waals surface area contributed by atoms with E-state index in [9.17, 15) is 9.18 Å². The zero-order chi connectivity index (χ0) is 17.6. The molecule has 1 saturated carbocycles. The third kappa shape index (κ3) is 4.47. The molecule has 1 fully saturated rings. The fourth-order valence-corrected chi connectivity index (χ4v) is 2.99. The molecule has 3 rings (SSSR count). The summed E-state index contributed by atoms with van der Waals surface area (Å²) < 4.78 is 24.4. The molecule has 0 unspecified atom stereocenters. The Morgan fingerprint density at radius 2 is 2.00 bits per heavy atom. The van der Waals surface area contributed by atoms with Gasteiger partial charge in [-0.2, -0.15) is 0 Å². The molecule has 2 aromatic rings. The van der Waals surface area contributed by atoms with Gasteiger partial charge in [-0.15, -0.1) is 0 Å². The fraction of sp³-hybridized carbons (Fsp3) is 0.368. The number of methoxy groups -OCH3 is 1. The molecule has 0 saturated heterocycles. The van der Waals surface area contributed by atoms with Crippen LogP contribution in [0.25, 0.3) is 0 Å². The summed E-state index contributed by atoms with van der Waals surface area (Å²) in [6.07, 6.45) is 5.15. The summed E-state index contributed by atoms with van der Waals surface area (Å²) in [4.78, 5) is 16.4. The first-order chi connectivity index (χ1) is 12.2. The summed E-state index contributed by atoms with van der Waals surface area (Å²) in [5.74, 6) is -0.0503. The number of hydrogen-bond acceptors (Lipinski definition) is 4. The first-order valence-electron chi connectivity index (χ1n) is 8.38. The highest BCUT2D eigenvalue weighted by molar-refractivity contribution is 5.94. The van der Waals surface area contributed by atoms with Crippen LogP contribution in [0.15, 0.2) is 42.6 Å². The third-order valence-electron chi connectivity index (χ3n) is 4.35. The van der Waals surface area contributed by atoms with Gasteiger partial charge >= 0.3 is 0 Å². The van der Waals surface area contributed by atoms with Crippen LogP contribution in [0.3, 0.4) is 0 Å². The van der Waals surface area contributed by atoms with Crippen molar-refractivity contribution in [2.75, 3.05) is 7.11 Å². The number of aromatic nitrogens is 1. The van der Waals surface area contributed by atoms with Gasteiger partial charge in [0.25, 0.3) is 5.91 Å². The van der Waals surface area contributed by atoms with Crippen LogP contribution in [0, 0.1) is 5.82 Å². The fourth-order valence-electron chi connectivity index (χ4n) is 2.99. The number of carbonyl (C=O) groups is 1. The van der Waals surface area contributed by atoms with Crippen molar-refractivity contribution in [2.45, 2.75) is 37.8 Å². The molecule has 0 atom stereocenters. The van der Waals surface area contributed by atoms with Crippen molar-refractivity contribution in [3.05, 3.63) is 54.0 Å². The van der Waals surface area contributed by atoms with E-state index in [4.69, 9.17) is 9.47 Å². The van der Waals surface area contributed by atoms with Gasteiger partial charge in [0, 0.05) is 23.9 Å². The molecule has 0 radical (unpaired) electrons. The molecule has 132 valence electrons. The Morgan fingerprint density at radius 1 is 1.20 bits per heavy atom. The maximum Gasteiger partial charge on any atom is 0.251 e. The average molecular weight is 344 g/mol. The van der Waals surface area contributed by atoms with Crippen molar-refractivity contribution >= 4 is 5.91 Å². The van der Waals surface area contributed by atoms with E-state index in [-0.39, 0.29) is 23.8 Å². The monoisotopic (exact) mass is 344 g/mol. The number of nitrogens with zero attached hydrogens (tertiary/aromatic N) is 1. The van der Waals surface area contributed by atoms with Crippen LogP contribution in [0.5, 0.6) is 11.6 Å². The number of benzene rings is 1. The maximum absolute atomic E-state index is 13.7. The summed E-state index contributed by atoms with van der Waals surface area (Å²) in [5.41, 5.74) is 0.296. The lowest BCUT2D eigenvalue weighted by atomic mass is 9.92. The van der Waals surface area contributed by atoms with E-state index < -0.39 is 5.82 Å². The topological polar surface area (TPSA) is 60.5 Å². The Morgan fingerprint density at radius 3 is 2.64 bits per heavy atom. The molecule has 6 heteroatoms. The predicted octanol–water partition coefficient (Wildman–Crippen LogP) is 3.35. The molecule has 0 spiro atoms. The molecular formula is C19H21FN2O3. The van der Waals surface area contributed by atoms with Gasteiger partial charge in [-0.1, -0.05) is 6.07 Å². The lowest BCUT2D eigenvalue weighted by molar-refractivity contribution is 0.0889. The Kier molecular flexibility index (Phi) is 5.48. The van der Waals surface area contributed by atoms with Gasteiger partial charge in [0.15, 0.2) is 11.6 Å². The molecule has 1 aromatic heterocycles. The van der Waals surface area contributed by atoms with Gasteiger partial charge < -0.3 is 14.8 Å². The van der Waals surface area contributed by atoms with Crippen LogP contribution in [-0.2, 0) is 0 Å². The highest BCUT2D eigenvalue weighted by atomic mass is 19.1. The first-order valence-corrected chi connectivity index (χ1v) is 8.38. The first kappa shape index (κ1) is 17.2. The van der Waals surface area contributed by atoms with Crippen LogP contribution < -0.4 is 14.8 Å². The molecule has 1 aliphatic carbocycles. The summed E-state index contributed by atoms with van der Waals surface area (Å²) >= 11 is 0. The van der Waals surface area contributed by atoms with Gasteiger partial charge in [-0.05, 0) is 49.9 Å². The van der Waals surface area contributed by atoms with Gasteiger partial charge in [0.05, 0.1) is 7.11 Å². The van der Waals surface area contributed by atoms with E-state index in [1.165, 1.54) is 19.2 Å². The van der Waals surface area contributed by atoms with Crippen LogP contribution in [-0.4, -0.2) is 30.1 Å². The molecule has 0 bridgehead atoms. The van der Waals surface area contributed by atoms with Crippen LogP contribution in [0.2, 0.25) is 0 Å². The number of nitrogens with one attached hydrogen (secondary N) is 1. The molecule has 1 N–H and O–H groups in total. The predicted molar refractivity (Wildman–Crippen MR) is 91.3 cm³/mol. The van der Waals surface area contributed by atoms with Crippen molar-refractivity contribution < 1.29 is 18.7 Å². The smallest absolute Gasteiger partial charge is 0.251 e. The van der Waals surface area contributed by atoms with Crippen molar-refractivity contribution in [3.8, 4) is 11.6 Å². The minimum atomic E-state index is -0.539. The maximum atomic E-state index is 13.7. The van der Waals surface area contributed by atoms with Crippen molar-refractivity contribution in [1.82, 2.24) is 10.3 Å². The summed E-state index contributed by atoms with van der Waals surface area (Å²) in [6.45, 7) is 0. The highest BCUT2D eigenvalue weighted by Gasteiger charge is 2.24. The van der Waals surface area contributed by atoms with E-state index in [1.54, 1.807) is 12.3 Å². The lowest BCUT2D eigenvalue weighted by Crippen LogP contribution is -2.39. The Bertz CT molecular complexity index is 716. The van der Waals surface area contributed by atoms with Crippen LogP contribution >= 0.6 is 0 Å². The standard InChI is InChI=1S/C19H21FN2O3/c1-24-17-10-5-13(12-16(17)20)19(23)22-14-6-8-15(9-7-14)25-18-4-2-3-11-21-18/h2-5,10-12,14-15H,6-9H2,1H3,(H,22,23). The number of hydrogen-bond donors (Lipinski definition) is 1. The van der Waals surface area contributed by atoms with E-state index in [0.717, 1.165) is 25.7 Å². The van der Waals surface area contributed by atoms with Crippen LogP contribution in [0.1, 0.15) is 36.0 Å². The largest absolute Gasteiger partial charge is 0.494 e. The molecule has 0 aliphatic heterocycles. The highest BCUT2D eigenvalue weighted by Crippen LogP contribution is 2.23. The number of pyridine rings is 1. The molecule has 1 heterocycles. The zero-order valence-corrected chi connectivity index (χ0v) is 14.1. The quantitative estimate of drug-likeness (QED) is 0.904. The molecule has 25 heavy (non-hydrogen) atoms. The number of halogens is 1. The normalized spacial score (nSPS) is 19.9. The summed E-state index contributed by atoms with van der Waals surface area (Å²) in [6, 6.07) is 9.87. The van der Waals surface area contributed by atoms with Gasteiger partial charge in [-0.25, -0.2) is 9.37 Å². The molecule has 1 aliphatic rings. The Labute approximate surface area is 146 Å². The number of carbonyl (C=O) groups excluding carboxylic acids is 1. The van der Waals surface area contributed by atoms with Gasteiger partial charge in [0.1, 0.15) is 6.10 Å². The molecular weight excluding hydrogens is 323 g/mol. The minimum absolute atomic E-state index is 0.0706. The van der Waals surface area contributed by atoms with E-state index >= 15 is 0 Å². The second-order valence-corrected chi connectivity index (χ2v) is 6.08. The van der Waals surface area contributed by atoms with E-state index in [2.05, 4.69) is 10.3 Å². The Balaban J connectivity index is 1.50. The van der Waals surface area contributed by atoms with Crippen molar-refractivity contribution in [3.63, 3.8) is 0 Å². The molecule has 1 amide bonds. The Hall–Kier alpha value is -2.63. The molecule has 1 aromatic carbocycles. The van der Waals surface area contributed by atoms with E-state index in [0.29, 0.717) is 11.4 Å². The van der Waals surface area contributed by atoms with Gasteiger partial charge in [-0.3, -0.25) is 4.79 Å². The lowest BCUT2D eigenvalue weighted by Gasteiger charge is -2.29. The number of rotatable bonds is 5. The second kappa shape index (κ2) is 7.96.